The molecule has 7 heteroatoms. The number of benzene rings is 3. The van der Waals surface area contributed by atoms with Crippen molar-refractivity contribution in [1.82, 2.24) is 5.32 Å². The van der Waals surface area contributed by atoms with E-state index in [9.17, 15) is 13.2 Å². The van der Waals surface area contributed by atoms with E-state index in [1.807, 2.05) is 31.2 Å². The Labute approximate surface area is 177 Å². The van der Waals surface area contributed by atoms with Gasteiger partial charge in [0.2, 0.25) is 0 Å². The van der Waals surface area contributed by atoms with Crippen LogP contribution in [0.3, 0.4) is 0 Å². The van der Waals surface area contributed by atoms with Gasteiger partial charge in [-0.25, -0.2) is 8.42 Å². The van der Waals surface area contributed by atoms with Gasteiger partial charge in [0.25, 0.3) is 15.9 Å². The number of hydrogen-bond donors (Lipinski definition) is 1. The highest BCUT2D eigenvalue weighted by atomic mass is 32.2. The zero-order chi connectivity index (χ0) is 21.7. The van der Waals surface area contributed by atoms with Crippen molar-refractivity contribution in [3.63, 3.8) is 0 Å². The van der Waals surface area contributed by atoms with Gasteiger partial charge < -0.3 is 10.1 Å². The summed E-state index contributed by atoms with van der Waals surface area (Å²) in [6.07, 6.45) is 0. The molecule has 3 rings (SSSR count). The molecule has 0 fully saturated rings. The first-order valence-electron chi connectivity index (χ1n) is 9.43. The molecule has 6 nitrogen and oxygen atoms in total. The molecule has 0 spiro atoms. The molecule has 3 aromatic carbocycles. The van der Waals surface area contributed by atoms with Crippen LogP contribution in [-0.4, -0.2) is 28.5 Å². The molecule has 1 N–H and O–H groups in total. The average Bonchev–Trinajstić information content (AvgIpc) is 2.79. The van der Waals surface area contributed by atoms with Crippen LogP contribution in [0.15, 0.2) is 83.8 Å². The summed E-state index contributed by atoms with van der Waals surface area (Å²) >= 11 is 0. The van der Waals surface area contributed by atoms with Gasteiger partial charge in [-0.2, -0.15) is 0 Å². The number of carbonyl (C=O) groups is 1. The smallest absolute Gasteiger partial charge is 0.264 e. The molecule has 0 radical (unpaired) electrons. The fourth-order valence-electron chi connectivity index (χ4n) is 3.20. The van der Waals surface area contributed by atoms with Crippen LogP contribution in [0.25, 0.3) is 0 Å². The van der Waals surface area contributed by atoms with Gasteiger partial charge in [0.15, 0.2) is 0 Å². The van der Waals surface area contributed by atoms with Crippen molar-refractivity contribution >= 4 is 21.6 Å². The van der Waals surface area contributed by atoms with Crippen molar-refractivity contribution in [3.8, 4) is 5.75 Å². The Balaban J connectivity index is 1.90. The number of hydrogen-bond acceptors (Lipinski definition) is 4. The van der Waals surface area contributed by atoms with Crippen LogP contribution in [0.2, 0.25) is 0 Å². The predicted molar refractivity (Wildman–Crippen MR) is 117 cm³/mol. The number of amides is 1. The summed E-state index contributed by atoms with van der Waals surface area (Å²) in [6, 6.07) is 21.8. The van der Waals surface area contributed by atoms with Crippen LogP contribution in [-0.2, 0) is 10.0 Å². The van der Waals surface area contributed by atoms with Gasteiger partial charge in [0, 0.05) is 12.6 Å². The SMILES string of the molecule is COc1ccccc1[C@H](C)NC(=O)c1ccccc1N(C)S(=O)(=O)c1ccccc1. The first kappa shape index (κ1) is 21.4. The number of ether oxygens (including phenoxy) is 1. The fraction of sp³-hybridized carbons (Fsp3) is 0.174. The lowest BCUT2D eigenvalue weighted by Crippen LogP contribution is -2.32. The summed E-state index contributed by atoms with van der Waals surface area (Å²) < 4.78 is 32.5. The Hall–Kier alpha value is -3.32. The van der Waals surface area contributed by atoms with Gasteiger partial charge in [-0.1, -0.05) is 48.5 Å². The lowest BCUT2D eigenvalue weighted by molar-refractivity contribution is 0.0940. The maximum Gasteiger partial charge on any atom is 0.264 e. The highest BCUT2D eigenvalue weighted by molar-refractivity contribution is 7.92. The lowest BCUT2D eigenvalue weighted by atomic mass is 10.1. The van der Waals surface area contributed by atoms with E-state index in [-0.39, 0.29) is 22.4 Å². The van der Waals surface area contributed by atoms with Crippen molar-refractivity contribution in [1.29, 1.82) is 0 Å². The maximum absolute atomic E-state index is 13.0. The molecule has 3 aromatic rings. The number of carbonyl (C=O) groups excluding carboxylic acids is 1. The number of methoxy groups -OCH3 is 1. The Morgan fingerprint density at radius 3 is 2.23 bits per heavy atom. The zero-order valence-corrected chi connectivity index (χ0v) is 17.9. The van der Waals surface area contributed by atoms with Crippen LogP contribution < -0.4 is 14.4 Å². The minimum Gasteiger partial charge on any atom is -0.496 e. The number of sulfonamides is 1. The largest absolute Gasteiger partial charge is 0.496 e. The van der Waals surface area contributed by atoms with E-state index in [1.165, 1.54) is 19.2 Å². The van der Waals surface area contributed by atoms with Gasteiger partial charge in [-0.15, -0.1) is 0 Å². The maximum atomic E-state index is 13.0. The summed E-state index contributed by atoms with van der Waals surface area (Å²) in [5.41, 5.74) is 1.39. The molecule has 0 unspecified atom stereocenters. The fourth-order valence-corrected chi connectivity index (χ4v) is 4.43. The van der Waals surface area contributed by atoms with Crippen molar-refractivity contribution < 1.29 is 17.9 Å². The van der Waals surface area contributed by atoms with E-state index < -0.39 is 10.0 Å². The van der Waals surface area contributed by atoms with Gasteiger partial charge in [0.1, 0.15) is 5.75 Å². The van der Waals surface area contributed by atoms with Crippen LogP contribution in [0.1, 0.15) is 28.9 Å². The molecule has 0 aliphatic heterocycles. The molecule has 0 aromatic heterocycles. The number of nitrogens with one attached hydrogen (secondary N) is 1. The van der Waals surface area contributed by atoms with Crippen LogP contribution >= 0.6 is 0 Å². The standard InChI is InChI=1S/C23H24N2O4S/c1-17(19-13-8-10-16-22(19)29-3)24-23(26)20-14-7-9-15-21(20)25(2)30(27,28)18-11-5-4-6-12-18/h4-17H,1-3H3,(H,24,26)/t17-/m0/s1. The topological polar surface area (TPSA) is 75.7 Å². The van der Waals surface area contributed by atoms with Gasteiger partial charge in [0.05, 0.1) is 29.3 Å². The van der Waals surface area contributed by atoms with Gasteiger partial charge in [-0.05, 0) is 37.3 Å². The summed E-state index contributed by atoms with van der Waals surface area (Å²) in [6.45, 7) is 1.85. The van der Waals surface area contributed by atoms with E-state index in [4.69, 9.17) is 4.74 Å². The molecule has 30 heavy (non-hydrogen) atoms. The summed E-state index contributed by atoms with van der Waals surface area (Å²) in [4.78, 5) is 13.2. The first-order valence-corrected chi connectivity index (χ1v) is 10.9. The summed E-state index contributed by atoms with van der Waals surface area (Å²) in [5, 5.41) is 2.93. The highest BCUT2D eigenvalue weighted by Gasteiger charge is 2.25. The molecular weight excluding hydrogens is 400 g/mol. The van der Waals surface area contributed by atoms with E-state index in [1.54, 1.807) is 49.6 Å². The van der Waals surface area contributed by atoms with Crippen molar-refractivity contribution in [2.75, 3.05) is 18.5 Å². The Morgan fingerprint density at radius 1 is 0.933 bits per heavy atom. The van der Waals surface area contributed by atoms with Crippen molar-refractivity contribution in [3.05, 3.63) is 90.0 Å². The second kappa shape index (κ2) is 9.00. The zero-order valence-electron chi connectivity index (χ0n) is 17.1. The molecule has 0 heterocycles. The van der Waals surface area contributed by atoms with Crippen LogP contribution in [0.5, 0.6) is 5.75 Å². The van der Waals surface area contributed by atoms with Crippen LogP contribution in [0.4, 0.5) is 5.69 Å². The van der Waals surface area contributed by atoms with Gasteiger partial charge >= 0.3 is 0 Å². The van der Waals surface area contributed by atoms with E-state index in [2.05, 4.69) is 5.32 Å². The van der Waals surface area contributed by atoms with E-state index in [0.717, 1.165) is 9.87 Å². The number of rotatable bonds is 7. The Kier molecular flexibility index (Phi) is 6.42. The Morgan fingerprint density at radius 2 is 1.53 bits per heavy atom. The molecule has 0 saturated carbocycles. The monoisotopic (exact) mass is 424 g/mol. The molecular formula is C23H24N2O4S. The van der Waals surface area contributed by atoms with Crippen molar-refractivity contribution in [2.45, 2.75) is 17.9 Å². The minimum absolute atomic E-state index is 0.158. The van der Waals surface area contributed by atoms with E-state index >= 15 is 0 Å². The molecule has 0 saturated heterocycles. The van der Waals surface area contributed by atoms with Crippen LogP contribution in [0, 0.1) is 0 Å². The average molecular weight is 425 g/mol. The highest BCUT2D eigenvalue weighted by Crippen LogP contribution is 2.28. The number of nitrogens with zero attached hydrogens (tertiary/aromatic N) is 1. The van der Waals surface area contributed by atoms with Gasteiger partial charge in [-0.3, -0.25) is 9.10 Å². The predicted octanol–water partition coefficient (Wildman–Crippen LogP) is 4.01. The molecule has 1 atom stereocenters. The quantitative estimate of drug-likeness (QED) is 0.622. The molecule has 0 bridgehead atoms. The Bertz CT molecular complexity index is 1130. The lowest BCUT2D eigenvalue weighted by Gasteiger charge is -2.23. The van der Waals surface area contributed by atoms with Crippen molar-refractivity contribution in [2.24, 2.45) is 0 Å². The summed E-state index contributed by atoms with van der Waals surface area (Å²) in [7, 11) is -0.788. The molecule has 0 aliphatic carbocycles. The summed E-state index contributed by atoms with van der Waals surface area (Å²) in [5.74, 6) is 0.293. The third-order valence-electron chi connectivity index (χ3n) is 4.84. The molecule has 0 aliphatic rings. The molecule has 1 amide bonds. The number of para-hydroxylation sites is 2. The second-order valence-electron chi connectivity index (χ2n) is 6.74. The second-order valence-corrected chi connectivity index (χ2v) is 8.71. The van der Waals surface area contributed by atoms with E-state index in [0.29, 0.717) is 11.4 Å². The third-order valence-corrected chi connectivity index (χ3v) is 6.63. The molecule has 156 valence electrons. The number of anilines is 1. The normalized spacial score (nSPS) is 12.1. The third kappa shape index (κ3) is 4.31. The minimum atomic E-state index is -3.81. The first-order chi connectivity index (χ1) is 14.4.